The summed E-state index contributed by atoms with van der Waals surface area (Å²) in [5.41, 5.74) is 0. The molecule has 2 atom stereocenters. The Morgan fingerprint density at radius 2 is 2.47 bits per heavy atom. The fourth-order valence-corrected chi connectivity index (χ4v) is 2.42. The van der Waals surface area contributed by atoms with Gasteiger partial charge in [0.1, 0.15) is 6.04 Å². The summed E-state index contributed by atoms with van der Waals surface area (Å²) < 4.78 is 5.50. The highest BCUT2D eigenvalue weighted by atomic mass is 16.5. The first-order valence-corrected chi connectivity index (χ1v) is 6.32. The Hall–Kier alpha value is -1.12. The largest absolute Gasteiger partial charge is 0.378 e. The second-order valence-corrected chi connectivity index (χ2v) is 4.61. The predicted octanol–water partition coefficient (Wildman–Crippen LogP) is 0.270. The maximum absolute atomic E-state index is 12.0. The Bertz CT molecular complexity index is 307. The normalized spacial score (nSPS) is 29.0. The van der Waals surface area contributed by atoms with E-state index in [2.05, 4.69) is 11.4 Å². The van der Waals surface area contributed by atoms with Crippen molar-refractivity contribution in [1.82, 2.24) is 10.2 Å². The summed E-state index contributed by atoms with van der Waals surface area (Å²) >= 11 is 0. The van der Waals surface area contributed by atoms with Gasteiger partial charge < -0.3 is 15.0 Å². The molecule has 0 radical (unpaired) electrons. The molecule has 2 rings (SSSR count). The van der Waals surface area contributed by atoms with Crippen LogP contribution in [0.3, 0.4) is 0 Å². The third kappa shape index (κ3) is 3.18. The average Bonchev–Trinajstić information content (AvgIpc) is 2.89. The number of rotatable bonds is 3. The summed E-state index contributed by atoms with van der Waals surface area (Å²) in [6.45, 7) is 2.84. The Kier molecular flexibility index (Phi) is 4.35. The zero-order chi connectivity index (χ0) is 12.1. The number of carbonyl (C=O) groups excluding carboxylic acids is 1. The van der Waals surface area contributed by atoms with Crippen molar-refractivity contribution in [3.8, 4) is 6.07 Å². The Morgan fingerprint density at radius 1 is 1.59 bits per heavy atom. The van der Waals surface area contributed by atoms with Gasteiger partial charge in [-0.1, -0.05) is 0 Å². The van der Waals surface area contributed by atoms with E-state index in [4.69, 9.17) is 10.00 Å². The molecule has 0 spiro atoms. The number of hydrogen-bond acceptors (Lipinski definition) is 4. The van der Waals surface area contributed by atoms with Crippen LogP contribution in [-0.2, 0) is 9.53 Å². The van der Waals surface area contributed by atoms with Gasteiger partial charge in [-0.3, -0.25) is 4.79 Å². The van der Waals surface area contributed by atoms with Crippen molar-refractivity contribution in [3.63, 3.8) is 0 Å². The first-order valence-electron chi connectivity index (χ1n) is 6.32. The topological polar surface area (TPSA) is 65.4 Å². The lowest BCUT2D eigenvalue weighted by Crippen LogP contribution is -2.53. The second-order valence-electron chi connectivity index (χ2n) is 4.61. The van der Waals surface area contributed by atoms with Crippen LogP contribution in [0.15, 0.2) is 0 Å². The van der Waals surface area contributed by atoms with E-state index in [0.717, 1.165) is 32.4 Å². The molecule has 5 nitrogen and oxygen atoms in total. The van der Waals surface area contributed by atoms with E-state index >= 15 is 0 Å². The second kappa shape index (κ2) is 5.99. The minimum atomic E-state index is -0.305. The Balaban J connectivity index is 1.79. The summed E-state index contributed by atoms with van der Waals surface area (Å²) in [5.74, 6) is 0.0913. The van der Waals surface area contributed by atoms with Crippen LogP contribution in [0, 0.1) is 11.3 Å². The molecule has 1 amide bonds. The van der Waals surface area contributed by atoms with Crippen LogP contribution in [0.5, 0.6) is 0 Å². The maximum Gasteiger partial charge on any atom is 0.223 e. The maximum atomic E-state index is 12.0. The minimum absolute atomic E-state index is 0.0913. The summed E-state index contributed by atoms with van der Waals surface area (Å²) in [6, 6.07) is 1.87. The van der Waals surface area contributed by atoms with E-state index in [0.29, 0.717) is 19.5 Å². The van der Waals surface area contributed by atoms with Gasteiger partial charge in [0.2, 0.25) is 5.91 Å². The van der Waals surface area contributed by atoms with E-state index < -0.39 is 0 Å². The quantitative estimate of drug-likeness (QED) is 0.765. The third-order valence-electron chi connectivity index (χ3n) is 3.42. The molecule has 94 valence electrons. The smallest absolute Gasteiger partial charge is 0.223 e. The fraction of sp³-hybridized carbons (Fsp3) is 0.833. The van der Waals surface area contributed by atoms with Crippen LogP contribution in [0.1, 0.15) is 25.7 Å². The number of ether oxygens (including phenoxy) is 1. The van der Waals surface area contributed by atoms with Crippen LogP contribution >= 0.6 is 0 Å². The van der Waals surface area contributed by atoms with Gasteiger partial charge in [0, 0.05) is 32.7 Å². The van der Waals surface area contributed by atoms with Crippen LogP contribution in [0.25, 0.3) is 0 Å². The van der Waals surface area contributed by atoms with E-state index in [9.17, 15) is 4.79 Å². The van der Waals surface area contributed by atoms with Gasteiger partial charge in [-0.15, -0.1) is 0 Å². The van der Waals surface area contributed by atoms with Gasteiger partial charge in [-0.05, 0) is 19.3 Å². The molecule has 0 aromatic rings. The number of nitrogens with zero attached hydrogens (tertiary/aromatic N) is 2. The number of piperazine rings is 1. The van der Waals surface area contributed by atoms with Crippen molar-refractivity contribution >= 4 is 5.91 Å². The van der Waals surface area contributed by atoms with E-state index in [1.807, 2.05) is 0 Å². The molecule has 0 bridgehead atoms. The Labute approximate surface area is 102 Å². The summed E-state index contributed by atoms with van der Waals surface area (Å²) in [4.78, 5) is 13.7. The van der Waals surface area contributed by atoms with Crippen LogP contribution in [-0.4, -0.2) is 49.2 Å². The molecule has 2 heterocycles. The van der Waals surface area contributed by atoms with Crippen molar-refractivity contribution in [3.05, 3.63) is 0 Å². The lowest BCUT2D eigenvalue weighted by molar-refractivity contribution is -0.133. The number of nitriles is 1. The highest BCUT2D eigenvalue weighted by Crippen LogP contribution is 2.18. The van der Waals surface area contributed by atoms with E-state index in [1.54, 1.807) is 4.90 Å². The summed E-state index contributed by atoms with van der Waals surface area (Å²) in [6.07, 6.45) is 3.72. The van der Waals surface area contributed by atoms with Crippen molar-refractivity contribution in [1.29, 1.82) is 5.26 Å². The van der Waals surface area contributed by atoms with Crippen LogP contribution in [0.2, 0.25) is 0 Å². The lowest BCUT2D eigenvalue weighted by Gasteiger charge is -2.32. The zero-order valence-corrected chi connectivity index (χ0v) is 10.0. The summed E-state index contributed by atoms with van der Waals surface area (Å²) in [5, 5.41) is 12.1. The SMILES string of the molecule is N#CC1CNCCN1C(=O)CCC1CCCO1. The molecule has 0 saturated carbocycles. The number of carbonyl (C=O) groups is 1. The third-order valence-corrected chi connectivity index (χ3v) is 3.42. The van der Waals surface area contributed by atoms with Gasteiger partial charge in [0.05, 0.1) is 12.2 Å². The first kappa shape index (κ1) is 12.3. The number of amides is 1. The van der Waals surface area contributed by atoms with E-state index in [-0.39, 0.29) is 18.1 Å². The molecule has 2 aliphatic rings. The molecule has 1 N–H and O–H groups in total. The van der Waals surface area contributed by atoms with Crippen LogP contribution < -0.4 is 5.32 Å². The van der Waals surface area contributed by atoms with Gasteiger partial charge in [0.15, 0.2) is 0 Å². The molecule has 0 aromatic carbocycles. The monoisotopic (exact) mass is 237 g/mol. The molecule has 2 saturated heterocycles. The predicted molar refractivity (Wildman–Crippen MR) is 62.2 cm³/mol. The van der Waals surface area contributed by atoms with Crippen molar-refractivity contribution in [2.45, 2.75) is 37.8 Å². The molecule has 17 heavy (non-hydrogen) atoms. The minimum Gasteiger partial charge on any atom is -0.378 e. The van der Waals surface area contributed by atoms with Gasteiger partial charge in [0.25, 0.3) is 0 Å². The van der Waals surface area contributed by atoms with E-state index in [1.165, 1.54) is 0 Å². The lowest BCUT2D eigenvalue weighted by atomic mass is 10.1. The zero-order valence-electron chi connectivity index (χ0n) is 10.0. The van der Waals surface area contributed by atoms with Crippen molar-refractivity contribution in [2.24, 2.45) is 0 Å². The molecule has 5 heteroatoms. The van der Waals surface area contributed by atoms with Crippen molar-refractivity contribution in [2.75, 3.05) is 26.2 Å². The number of hydrogen-bond donors (Lipinski definition) is 1. The van der Waals surface area contributed by atoms with Crippen LogP contribution in [0.4, 0.5) is 0 Å². The van der Waals surface area contributed by atoms with Gasteiger partial charge >= 0.3 is 0 Å². The molecular weight excluding hydrogens is 218 g/mol. The fourth-order valence-electron chi connectivity index (χ4n) is 2.42. The molecule has 0 aliphatic carbocycles. The standard InChI is InChI=1S/C12H19N3O2/c13-8-10-9-14-5-6-15(10)12(16)4-3-11-2-1-7-17-11/h10-11,14H,1-7,9H2. The molecular formula is C12H19N3O2. The summed E-state index contributed by atoms with van der Waals surface area (Å²) in [7, 11) is 0. The van der Waals surface area contributed by atoms with Gasteiger partial charge in [-0.2, -0.15) is 5.26 Å². The average molecular weight is 237 g/mol. The Morgan fingerprint density at radius 3 is 3.18 bits per heavy atom. The van der Waals surface area contributed by atoms with Crippen molar-refractivity contribution < 1.29 is 9.53 Å². The number of nitrogens with one attached hydrogen (secondary N) is 1. The highest BCUT2D eigenvalue weighted by Gasteiger charge is 2.27. The molecule has 2 fully saturated rings. The highest BCUT2D eigenvalue weighted by molar-refractivity contribution is 5.77. The molecule has 2 unspecified atom stereocenters. The molecule has 0 aromatic heterocycles. The van der Waals surface area contributed by atoms with Gasteiger partial charge in [-0.25, -0.2) is 0 Å². The first-order chi connectivity index (χ1) is 8.31. The molecule has 2 aliphatic heterocycles.